The van der Waals surface area contributed by atoms with Crippen LogP contribution in [0, 0.1) is 6.92 Å². The number of amides is 1. The second-order valence-electron chi connectivity index (χ2n) is 6.21. The van der Waals surface area contributed by atoms with Gasteiger partial charge in [-0.25, -0.2) is 8.42 Å². The summed E-state index contributed by atoms with van der Waals surface area (Å²) in [5, 5.41) is 2.89. The summed E-state index contributed by atoms with van der Waals surface area (Å²) in [5.74, 6) is -0.344. The number of aryl methyl sites for hydroxylation is 1. The Morgan fingerprint density at radius 2 is 1.68 bits per heavy atom. The van der Waals surface area contributed by atoms with Crippen LogP contribution in [-0.2, 0) is 14.8 Å². The van der Waals surface area contributed by atoms with E-state index in [1.54, 1.807) is 25.1 Å². The second-order valence-corrected chi connectivity index (χ2v) is 8.07. The van der Waals surface area contributed by atoms with E-state index in [4.69, 9.17) is 0 Å². The lowest BCUT2D eigenvalue weighted by atomic mass is 10.1. The van der Waals surface area contributed by atoms with Crippen molar-refractivity contribution < 1.29 is 13.2 Å². The van der Waals surface area contributed by atoms with Crippen LogP contribution in [0.2, 0.25) is 0 Å². The van der Waals surface area contributed by atoms with E-state index in [1.165, 1.54) is 0 Å². The SMILES string of the molecule is Cc1cccc(N(C(C)C(=O)N[C@@H](C)c2ccccc2)S(C)(=O)=O)c1. The first kappa shape index (κ1) is 19.0. The fourth-order valence-electron chi connectivity index (χ4n) is 2.73. The number of anilines is 1. The molecule has 1 unspecified atom stereocenters. The first-order chi connectivity index (χ1) is 11.7. The Morgan fingerprint density at radius 1 is 1.04 bits per heavy atom. The summed E-state index contributed by atoms with van der Waals surface area (Å²) in [6, 6.07) is 15.6. The van der Waals surface area contributed by atoms with Gasteiger partial charge in [-0.05, 0) is 44.0 Å². The minimum Gasteiger partial charge on any atom is -0.348 e. The molecule has 0 saturated heterocycles. The van der Waals surface area contributed by atoms with Crippen LogP contribution in [0.1, 0.15) is 31.0 Å². The zero-order valence-corrected chi connectivity index (χ0v) is 15.7. The van der Waals surface area contributed by atoms with Gasteiger partial charge in [-0.3, -0.25) is 9.10 Å². The summed E-state index contributed by atoms with van der Waals surface area (Å²) in [5.41, 5.74) is 2.37. The first-order valence-corrected chi connectivity index (χ1v) is 9.96. The van der Waals surface area contributed by atoms with Gasteiger partial charge in [-0.2, -0.15) is 0 Å². The maximum absolute atomic E-state index is 12.7. The Balaban J connectivity index is 2.24. The molecule has 0 aliphatic carbocycles. The maximum atomic E-state index is 12.7. The van der Waals surface area contributed by atoms with E-state index in [0.717, 1.165) is 21.7 Å². The summed E-state index contributed by atoms with van der Waals surface area (Å²) in [6.07, 6.45) is 1.11. The predicted molar refractivity (Wildman–Crippen MR) is 101 cm³/mol. The van der Waals surface area contributed by atoms with Crippen LogP contribution in [0.3, 0.4) is 0 Å². The molecule has 2 aromatic rings. The van der Waals surface area contributed by atoms with Crippen LogP contribution >= 0.6 is 0 Å². The van der Waals surface area contributed by atoms with Gasteiger partial charge in [-0.1, -0.05) is 42.5 Å². The molecule has 6 heteroatoms. The molecule has 0 radical (unpaired) electrons. The second kappa shape index (κ2) is 7.70. The standard InChI is InChI=1S/C19H24N2O3S/c1-14-9-8-12-18(13-14)21(25(4,23)24)16(3)19(22)20-15(2)17-10-6-5-7-11-17/h5-13,15-16H,1-4H3,(H,20,22)/t15-,16?/m0/s1. The summed E-state index contributed by atoms with van der Waals surface area (Å²) >= 11 is 0. The lowest BCUT2D eigenvalue weighted by Gasteiger charge is -2.29. The normalized spacial score (nSPS) is 13.8. The van der Waals surface area contributed by atoms with Gasteiger partial charge in [0, 0.05) is 0 Å². The van der Waals surface area contributed by atoms with Gasteiger partial charge in [0.1, 0.15) is 6.04 Å². The van der Waals surface area contributed by atoms with Crippen molar-refractivity contribution in [1.82, 2.24) is 5.32 Å². The molecular weight excluding hydrogens is 336 g/mol. The molecule has 0 aliphatic rings. The number of carbonyl (C=O) groups is 1. The molecule has 134 valence electrons. The van der Waals surface area contributed by atoms with Gasteiger partial charge < -0.3 is 5.32 Å². The van der Waals surface area contributed by atoms with Crippen LogP contribution < -0.4 is 9.62 Å². The first-order valence-electron chi connectivity index (χ1n) is 8.11. The molecule has 2 rings (SSSR count). The molecule has 25 heavy (non-hydrogen) atoms. The smallest absolute Gasteiger partial charge is 0.244 e. The highest BCUT2D eigenvalue weighted by atomic mass is 32.2. The Labute approximate surface area is 149 Å². The molecule has 0 spiro atoms. The molecule has 2 aromatic carbocycles. The number of benzene rings is 2. The van der Waals surface area contributed by atoms with Gasteiger partial charge in [0.05, 0.1) is 18.0 Å². The Morgan fingerprint density at radius 3 is 2.24 bits per heavy atom. The van der Waals surface area contributed by atoms with E-state index < -0.39 is 16.1 Å². The van der Waals surface area contributed by atoms with Crippen LogP contribution in [0.5, 0.6) is 0 Å². The summed E-state index contributed by atoms with van der Waals surface area (Å²) < 4.78 is 25.7. The number of carbonyl (C=O) groups excluding carboxylic acids is 1. The molecule has 5 nitrogen and oxygen atoms in total. The Bertz CT molecular complexity index is 835. The van der Waals surface area contributed by atoms with Gasteiger partial charge in [0.2, 0.25) is 15.9 Å². The monoisotopic (exact) mass is 360 g/mol. The fraction of sp³-hybridized carbons (Fsp3) is 0.316. The van der Waals surface area contributed by atoms with Crippen molar-refractivity contribution in [3.05, 3.63) is 65.7 Å². The largest absolute Gasteiger partial charge is 0.348 e. The zero-order chi connectivity index (χ0) is 18.6. The average molecular weight is 360 g/mol. The molecule has 2 atom stereocenters. The lowest BCUT2D eigenvalue weighted by Crippen LogP contribution is -2.48. The third-order valence-electron chi connectivity index (χ3n) is 4.00. The third kappa shape index (κ3) is 4.82. The van der Waals surface area contributed by atoms with Gasteiger partial charge >= 0.3 is 0 Å². The number of sulfonamides is 1. The van der Waals surface area contributed by atoms with Gasteiger partial charge in [-0.15, -0.1) is 0 Å². The molecule has 0 bridgehead atoms. The van der Waals surface area contributed by atoms with Crippen molar-refractivity contribution in [2.75, 3.05) is 10.6 Å². The number of rotatable bonds is 6. The van der Waals surface area contributed by atoms with Gasteiger partial charge in [0.25, 0.3) is 0 Å². The van der Waals surface area contributed by atoms with Crippen molar-refractivity contribution in [2.45, 2.75) is 32.9 Å². The van der Waals surface area contributed by atoms with E-state index >= 15 is 0 Å². The summed E-state index contributed by atoms with van der Waals surface area (Å²) in [7, 11) is -3.61. The fourth-order valence-corrected chi connectivity index (χ4v) is 3.90. The molecule has 0 fully saturated rings. The van der Waals surface area contributed by atoms with Crippen molar-refractivity contribution in [3.63, 3.8) is 0 Å². The number of nitrogens with zero attached hydrogens (tertiary/aromatic N) is 1. The number of hydrogen-bond acceptors (Lipinski definition) is 3. The average Bonchev–Trinajstić information content (AvgIpc) is 2.54. The minimum atomic E-state index is -3.61. The topological polar surface area (TPSA) is 66.5 Å². The molecule has 0 aliphatic heterocycles. The van der Waals surface area contributed by atoms with E-state index in [0.29, 0.717) is 5.69 Å². The van der Waals surface area contributed by atoms with E-state index in [2.05, 4.69) is 5.32 Å². The molecule has 0 saturated carbocycles. The Kier molecular flexibility index (Phi) is 5.85. The van der Waals surface area contributed by atoms with Crippen LogP contribution in [0.4, 0.5) is 5.69 Å². The van der Waals surface area contributed by atoms with Gasteiger partial charge in [0.15, 0.2) is 0 Å². The lowest BCUT2D eigenvalue weighted by molar-refractivity contribution is -0.122. The van der Waals surface area contributed by atoms with Crippen molar-refractivity contribution in [3.8, 4) is 0 Å². The molecule has 1 amide bonds. The third-order valence-corrected chi connectivity index (χ3v) is 5.24. The summed E-state index contributed by atoms with van der Waals surface area (Å²) in [6.45, 7) is 5.35. The Hall–Kier alpha value is -2.34. The minimum absolute atomic E-state index is 0.213. The highest BCUT2D eigenvalue weighted by Gasteiger charge is 2.29. The van der Waals surface area contributed by atoms with Crippen LogP contribution in [-0.4, -0.2) is 26.6 Å². The van der Waals surface area contributed by atoms with E-state index in [1.807, 2.05) is 50.2 Å². The molecular formula is C19H24N2O3S. The quantitative estimate of drug-likeness (QED) is 0.861. The zero-order valence-electron chi connectivity index (χ0n) is 14.9. The highest BCUT2D eigenvalue weighted by Crippen LogP contribution is 2.22. The van der Waals surface area contributed by atoms with E-state index in [9.17, 15) is 13.2 Å². The van der Waals surface area contributed by atoms with Crippen molar-refractivity contribution in [2.24, 2.45) is 0 Å². The van der Waals surface area contributed by atoms with Crippen molar-refractivity contribution >= 4 is 21.6 Å². The number of nitrogens with one attached hydrogen (secondary N) is 1. The van der Waals surface area contributed by atoms with Crippen LogP contribution in [0.25, 0.3) is 0 Å². The highest BCUT2D eigenvalue weighted by molar-refractivity contribution is 7.92. The summed E-state index contributed by atoms with van der Waals surface area (Å²) in [4.78, 5) is 12.7. The van der Waals surface area contributed by atoms with Crippen molar-refractivity contribution in [1.29, 1.82) is 0 Å². The molecule has 0 aromatic heterocycles. The maximum Gasteiger partial charge on any atom is 0.244 e. The molecule has 0 heterocycles. The van der Waals surface area contributed by atoms with E-state index in [-0.39, 0.29) is 11.9 Å². The van der Waals surface area contributed by atoms with Crippen LogP contribution in [0.15, 0.2) is 54.6 Å². The molecule has 1 N–H and O–H groups in total. The number of hydrogen-bond donors (Lipinski definition) is 1. The predicted octanol–water partition coefficient (Wildman–Crippen LogP) is 3.03.